The van der Waals surface area contributed by atoms with Gasteiger partial charge in [-0.15, -0.1) is 0 Å². The van der Waals surface area contributed by atoms with Crippen LogP contribution >= 0.6 is 23.2 Å². The molecule has 42 heavy (non-hydrogen) atoms. The van der Waals surface area contributed by atoms with E-state index in [4.69, 9.17) is 27.9 Å². The summed E-state index contributed by atoms with van der Waals surface area (Å²) in [6.07, 6.45) is -12.7. The van der Waals surface area contributed by atoms with Crippen LogP contribution in [0, 0.1) is 5.41 Å². The van der Waals surface area contributed by atoms with Gasteiger partial charge in [-0.2, -0.15) is 26.3 Å². The second-order valence-electron chi connectivity index (χ2n) is 9.30. The average Bonchev–Trinajstić information content (AvgIpc) is 2.85. The van der Waals surface area contributed by atoms with Gasteiger partial charge < -0.3 is 20.7 Å². The molecule has 1 unspecified atom stereocenters. The van der Waals surface area contributed by atoms with Crippen molar-refractivity contribution in [3.8, 4) is 5.75 Å². The van der Waals surface area contributed by atoms with Crippen LogP contribution in [0.2, 0.25) is 10.0 Å². The molecule has 7 nitrogen and oxygen atoms in total. The fraction of sp³-hybridized carbons (Fsp3) is 0.400. The number of ether oxygens (including phenoxy) is 1. The Bertz CT molecular complexity index is 1330. The van der Waals surface area contributed by atoms with E-state index in [1.807, 2.05) is 0 Å². The number of carbonyl (C=O) groups excluding carboxylic acids is 3. The van der Waals surface area contributed by atoms with Gasteiger partial charge in [0.05, 0.1) is 21.2 Å². The Kier molecular flexibility index (Phi) is 11.1. The topological polar surface area (TPSA) is 96.5 Å². The molecule has 2 aromatic rings. The van der Waals surface area contributed by atoms with Crippen molar-refractivity contribution in [2.75, 3.05) is 11.9 Å². The van der Waals surface area contributed by atoms with Crippen molar-refractivity contribution < 1.29 is 54.2 Å². The molecule has 0 aliphatic rings. The van der Waals surface area contributed by atoms with Crippen molar-refractivity contribution in [1.29, 1.82) is 0 Å². The molecule has 2 aromatic carbocycles. The number of halogens is 10. The van der Waals surface area contributed by atoms with Crippen LogP contribution in [0.4, 0.5) is 40.8 Å². The first-order chi connectivity index (χ1) is 19.2. The largest absolute Gasteiger partial charge is 0.487 e. The van der Waals surface area contributed by atoms with Gasteiger partial charge in [-0.05, 0) is 50.6 Å². The molecular weight excluding hydrogens is 629 g/mol. The third-order valence-corrected chi connectivity index (χ3v) is 6.55. The van der Waals surface area contributed by atoms with E-state index in [9.17, 15) is 49.5 Å². The average molecular weight is 652 g/mol. The number of benzene rings is 2. The Morgan fingerprint density at radius 2 is 1.57 bits per heavy atom. The number of anilines is 1. The summed E-state index contributed by atoms with van der Waals surface area (Å²) in [6.45, 7) is 0.286. The summed E-state index contributed by atoms with van der Waals surface area (Å²) in [6, 6.07) is 3.02. The van der Waals surface area contributed by atoms with Crippen molar-refractivity contribution in [3.05, 3.63) is 57.1 Å². The highest BCUT2D eigenvalue weighted by Gasteiger charge is 2.52. The number of alkyl halides is 8. The first kappa shape index (κ1) is 34.9. The molecule has 0 radical (unpaired) electrons. The molecule has 1 atom stereocenters. The Labute approximate surface area is 243 Å². The molecule has 0 aliphatic heterocycles. The summed E-state index contributed by atoms with van der Waals surface area (Å²) >= 11 is 12.4. The number of amides is 3. The first-order valence-corrected chi connectivity index (χ1v) is 12.5. The molecular formula is C25H23Cl2F8N3O4. The number of rotatable bonds is 10. The van der Waals surface area contributed by atoms with E-state index >= 15 is 0 Å². The van der Waals surface area contributed by atoms with Crippen molar-refractivity contribution in [3.63, 3.8) is 0 Å². The predicted molar refractivity (Wildman–Crippen MR) is 137 cm³/mol. The van der Waals surface area contributed by atoms with E-state index in [0.717, 1.165) is 18.2 Å². The van der Waals surface area contributed by atoms with Crippen LogP contribution in [0.5, 0.6) is 5.75 Å². The van der Waals surface area contributed by atoms with E-state index in [0.29, 0.717) is 20.8 Å². The Hall–Kier alpha value is -3.33. The van der Waals surface area contributed by atoms with E-state index in [2.05, 4.69) is 10.6 Å². The molecule has 0 bridgehead atoms. The number of hydrogen-bond donors (Lipinski definition) is 3. The van der Waals surface area contributed by atoms with Crippen LogP contribution in [-0.2, 0) is 11.3 Å². The summed E-state index contributed by atoms with van der Waals surface area (Å²) in [5.41, 5.74) is -3.96. The molecule has 2 rings (SSSR count). The van der Waals surface area contributed by atoms with Gasteiger partial charge in [-0.3, -0.25) is 14.4 Å². The lowest BCUT2D eigenvalue weighted by molar-refractivity contribution is -0.211. The molecule has 0 saturated carbocycles. The van der Waals surface area contributed by atoms with Gasteiger partial charge in [0.1, 0.15) is 23.8 Å². The normalized spacial score (nSPS) is 13.0. The molecule has 0 heterocycles. The minimum absolute atomic E-state index is 0.00879. The highest BCUT2D eigenvalue weighted by molar-refractivity contribution is 6.40. The zero-order valence-corrected chi connectivity index (χ0v) is 23.4. The minimum atomic E-state index is -4.85. The standard InChI is InChI=1S/C25H23Cl2F8N3O4/c1-11(24(30,31)32)37-20(39)14-8-13(5-7-16(14)42-10-17(28)29)38-21(40)18-15(26)6-4-12(19(18)27)9-36-22(41)23(2,3)25(33,34)35/h4-8,11,17H,9-10H2,1-3H3,(H,36,41)(H,37,39)(H,38,40). The minimum Gasteiger partial charge on any atom is -0.487 e. The second kappa shape index (κ2) is 13.3. The maximum absolute atomic E-state index is 13.1. The quantitative estimate of drug-likeness (QED) is 0.247. The van der Waals surface area contributed by atoms with Gasteiger partial charge in [-0.25, -0.2) is 8.78 Å². The van der Waals surface area contributed by atoms with Gasteiger partial charge >= 0.3 is 12.4 Å². The lowest BCUT2D eigenvalue weighted by atomic mass is 9.91. The lowest BCUT2D eigenvalue weighted by Gasteiger charge is -2.26. The van der Waals surface area contributed by atoms with E-state index in [1.165, 1.54) is 12.1 Å². The third kappa shape index (κ3) is 8.60. The van der Waals surface area contributed by atoms with Crippen LogP contribution in [0.1, 0.15) is 47.1 Å². The fourth-order valence-corrected chi connectivity index (χ4v) is 3.69. The number of carbonyl (C=O) groups is 3. The molecule has 0 saturated heterocycles. The van der Waals surface area contributed by atoms with Gasteiger partial charge in [0.25, 0.3) is 18.2 Å². The van der Waals surface area contributed by atoms with Gasteiger partial charge in [-0.1, -0.05) is 29.3 Å². The maximum atomic E-state index is 13.1. The molecule has 0 spiro atoms. The first-order valence-electron chi connectivity index (χ1n) is 11.7. The van der Waals surface area contributed by atoms with Crippen molar-refractivity contribution in [2.24, 2.45) is 5.41 Å². The molecule has 232 valence electrons. The van der Waals surface area contributed by atoms with Gasteiger partial charge in [0, 0.05) is 12.2 Å². The zero-order valence-electron chi connectivity index (χ0n) is 21.9. The van der Waals surface area contributed by atoms with E-state index in [1.54, 1.807) is 5.32 Å². The van der Waals surface area contributed by atoms with Crippen molar-refractivity contribution in [1.82, 2.24) is 10.6 Å². The van der Waals surface area contributed by atoms with Crippen molar-refractivity contribution in [2.45, 2.75) is 52.1 Å². The molecule has 17 heteroatoms. The number of nitrogens with one attached hydrogen (secondary N) is 3. The highest BCUT2D eigenvalue weighted by Crippen LogP contribution is 2.38. The monoisotopic (exact) mass is 651 g/mol. The fourth-order valence-electron chi connectivity index (χ4n) is 3.08. The predicted octanol–water partition coefficient (Wildman–Crippen LogP) is 6.77. The SMILES string of the molecule is CC(NC(=O)c1cc(NC(=O)c2c(Cl)ccc(CNC(=O)C(C)(C)C(F)(F)F)c2Cl)ccc1OCC(F)F)C(F)(F)F. The summed E-state index contributed by atoms with van der Waals surface area (Å²) in [4.78, 5) is 37.7. The highest BCUT2D eigenvalue weighted by atomic mass is 35.5. The van der Waals surface area contributed by atoms with Gasteiger partial charge in [0.15, 0.2) is 0 Å². The third-order valence-electron chi connectivity index (χ3n) is 5.80. The maximum Gasteiger partial charge on any atom is 0.408 e. The van der Waals surface area contributed by atoms with Crippen molar-refractivity contribution >= 4 is 46.6 Å². The van der Waals surface area contributed by atoms with E-state index < -0.39 is 78.0 Å². The number of hydrogen-bond acceptors (Lipinski definition) is 4. The summed E-state index contributed by atoms with van der Waals surface area (Å²) in [5, 5.41) is 5.46. The van der Waals surface area contributed by atoms with Crippen LogP contribution in [0.15, 0.2) is 30.3 Å². The van der Waals surface area contributed by atoms with Gasteiger partial charge in [0.2, 0.25) is 5.91 Å². The lowest BCUT2D eigenvalue weighted by Crippen LogP contribution is -2.46. The van der Waals surface area contributed by atoms with Crippen LogP contribution < -0.4 is 20.7 Å². The zero-order chi connectivity index (χ0) is 32.2. The molecule has 3 amide bonds. The molecule has 3 N–H and O–H groups in total. The molecule has 0 aliphatic carbocycles. The Morgan fingerprint density at radius 3 is 2.12 bits per heavy atom. The summed E-state index contributed by atoms with van der Waals surface area (Å²) < 4.78 is 108. The Morgan fingerprint density at radius 1 is 0.952 bits per heavy atom. The smallest absolute Gasteiger partial charge is 0.408 e. The van der Waals surface area contributed by atoms with Crippen LogP contribution in [0.25, 0.3) is 0 Å². The molecule has 0 aromatic heterocycles. The second-order valence-corrected chi connectivity index (χ2v) is 10.1. The Balaban J connectivity index is 2.35. The molecule has 0 fully saturated rings. The summed E-state index contributed by atoms with van der Waals surface area (Å²) in [7, 11) is 0. The van der Waals surface area contributed by atoms with Crippen LogP contribution in [0.3, 0.4) is 0 Å². The van der Waals surface area contributed by atoms with E-state index in [-0.39, 0.29) is 21.3 Å². The van der Waals surface area contributed by atoms with Crippen LogP contribution in [-0.4, -0.2) is 49.1 Å². The summed E-state index contributed by atoms with van der Waals surface area (Å²) in [5.74, 6) is -4.25.